The molecule has 1 saturated carbocycles. The number of sulfonamides is 1. The van der Waals surface area contributed by atoms with Crippen LogP contribution in [-0.2, 0) is 14.8 Å². The van der Waals surface area contributed by atoms with Crippen molar-refractivity contribution in [3.05, 3.63) is 23.9 Å². The number of aliphatic hydroxyl groups excluding tert-OH is 1. The average molecular weight is 414 g/mol. The minimum absolute atomic E-state index is 0.112. The molecule has 1 aliphatic heterocycles. The summed E-state index contributed by atoms with van der Waals surface area (Å²) in [4.78, 5) is 26.6. The van der Waals surface area contributed by atoms with Crippen molar-refractivity contribution < 1.29 is 28.2 Å². The molecule has 2 fully saturated rings. The third-order valence-electron chi connectivity index (χ3n) is 4.63. The van der Waals surface area contributed by atoms with Crippen molar-refractivity contribution in [2.45, 2.75) is 25.0 Å². The molecule has 2 aliphatic rings. The lowest BCUT2D eigenvalue weighted by atomic mass is 10.1. The Hall–Kier alpha value is -2.24. The van der Waals surface area contributed by atoms with Crippen molar-refractivity contribution in [3.8, 4) is 0 Å². The predicted molar refractivity (Wildman–Crippen MR) is 103 cm³/mol. The number of carbonyl (C=O) groups is 2. The van der Waals surface area contributed by atoms with E-state index >= 15 is 0 Å². The lowest BCUT2D eigenvalue weighted by molar-refractivity contribution is -0.122. The van der Waals surface area contributed by atoms with Crippen molar-refractivity contribution in [1.29, 1.82) is 0 Å². The molecule has 3 N–H and O–H groups in total. The molecule has 0 bridgehead atoms. The fourth-order valence-electron chi connectivity index (χ4n) is 2.85. The third kappa shape index (κ3) is 5.88. The number of pyridine rings is 1. The van der Waals surface area contributed by atoms with Crippen LogP contribution in [0.4, 0.5) is 5.82 Å². The van der Waals surface area contributed by atoms with E-state index in [9.17, 15) is 18.3 Å². The number of nitrogens with one attached hydrogen (secondary N) is 1. The van der Waals surface area contributed by atoms with Crippen LogP contribution >= 0.6 is 0 Å². The summed E-state index contributed by atoms with van der Waals surface area (Å²) in [6.45, 7) is 0.434. The van der Waals surface area contributed by atoms with Crippen molar-refractivity contribution in [2.24, 2.45) is 5.92 Å². The number of carboxylic acid groups (broad SMARTS) is 1. The zero-order chi connectivity index (χ0) is 20.9. The zero-order valence-corrected chi connectivity index (χ0v) is 16.7. The van der Waals surface area contributed by atoms with Gasteiger partial charge in [0.2, 0.25) is 10.0 Å². The minimum atomic E-state index is -3.39. The molecule has 1 aromatic heterocycles. The highest BCUT2D eigenvalue weighted by atomic mass is 32.2. The van der Waals surface area contributed by atoms with E-state index in [2.05, 4.69) is 10.3 Å². The molecule has 2 heterocycles. The first-order valence-corrected chi connectivity index (χ1v) is 10.5. The Bertz CT molecular complexity index is 797. The van der Waals surface area contributed by atoms with Crippen LogP contribution in [0.3, 0.4) is 0 Å². The Kier molecular flexibility index (Phi) is 7.33. The summed E-state index contributed by atoms with van der Waals surface area (Å²) in [5.41, 5.74) is 0.524. The number of nitrogens with zero attached hydrogens (tertiary/aromatic N) is 3. The summed E-state index contributed by atoms with van der Waals surface area (Å²) in [7, 11) is -0.418. The number of β-amino-alcohol motifs (C(OH)–C–C–N with tert-alkyl or cyclic N) is 1. The second-order valence-corrected chi connectivity index (χ2v) is 9.28. The van der Waals surface area contributed by atoms with E-state index in [1.165, 1.54) is 18.4 Å². The van der Waals surface area contributed by atoms with E-state index in [-0.39, 0.29) is 24.2 Å². The molecule has 1 aromatic rings. The topological polar surface area (TPSA) is 140 Å². The van der Waals surface area contributed by atoms with Gasteiger partial charge in [0.15, 0.2) is 0 Å². The average Bonchev–Trinajstić information content (AvgIpc) is 3.37. The summed E-state index contributed by atoms with van der Waals surface area (Å²) in [6, 6.07) is 3.62. The molecule has 0 unspecified atom stereocenters. The van der Waals surface area contributed by atoms with Crippen LogP contribution in [0.5, 0.6) is 0 Å². The summed E-state index contributed by atoms with van der Waals surface area (Å²) in [5.74, 6) is -0.0532. The van der Waals surface area contributed by atoms with Gasteiger partial charge in [0.05, 0.1) is 11.9 Å². The van der Waals surface area contributed by atoms with Gasteiger partial charge in [-0.15, -0.1) is 0 Å². The molecule has 0 spiro atoms. The highest BCUT2D eigenvalue weighted by molar-refractivity contribution is 7.89. The first-order chi connectivity index (χ1) is 13.2. The van der Waals surface area contributed by atoms with Crippen molar-refractivity contribution in [2.75, 3.05) is 37.8 Å². The van der Waals surface area contributed by atoms with Crippen LogP contribution in [0, 0.1) is 5.92 Å². The van der Waals surface area contributed by atoms with Crippen LogP contribution in [0.25, 0.3) is 0 Å². The van der Waals surface area contributed by atoms with Gasteiger partial charge in [-0.05, 0) is 25.0 Å². The molecule has 3 rings (SSSR count). The maximum atomic E-state index is 12.2. The van der Waals surface area contributed by atoms with Crippen LogP contribution in [-0.4, -0.2) is 85.4 Å². The molecule has 156 valence electrons. The Morgan fingerprint density at radius 1 is 1.39 bits per heavy atom. The van der Waals surface area contributed by atoms with E-state index in [0.717, 1.165) is 12.8 Å². The molecule has 1 aliphatic carbocycles. The SMILES string of the molecule is CN(C)S(=O)(=O)C[C@@H]1CN(c2cc(C(=O)NC3CC3)ccn2)C[C@H]1O.O=CO. The number of anilines is 1. The molecule has 28 heavy (non-hydrogen) atoms. The number of aliphatic hydroxyl groups is 1. The van der Waals surface area contributed by atoms with E-state index in [1.807, 2.05) is 4.90 Å². The summed E-state index contributed by atoms with van der Waals surface area (Å²) in [5, 5.41) is 20.1. The van der Waals surface area contributed by atoms with Gasteiger partial charge in [-0.3, -0.25) is 9.59 Å². The third-order valence-corrected chi connectivity index (χ3v) is 6.59. The van der Waals surface area contributed by atoms with E-state index in [0.29, 0.717) is 24.5 Å². The maximum Gasteiger partial charge on any atom is 0.290 e. The molecular weight excluding hydrogens is 388 g/mol. The van der Waals surface area contributed by atoms with Gasteiger partial charge in [-0.25, -0.2) is 17.7 Å². The molecule has 1 amide bonds. The van der Waals surface area contributed by atoms with Gasteiger partial charge in [-0.2, -0.15) is 0 Å². The predicted octanol–water partition coefficient (Wildman–Crippen LogP) is -0.637. The minimum Gasteiger partial charge on any atom is -0.483 e. The number of carbonyl (C=O) groups excluding carboxylic acids is 1. The Morgan fingerprint density at radius 3 is 2.61 bits per heavy atom. The molecular formula is C17H26N4O6S. The van der Waals surface area contributed by atoms with E-state index in [1.54, 1.807) is 18.3 Å². The number of hydrogen-bond donors (Lipinski definition) is 3. The maximum absolute atomic E-state index is 12.2. The Morgan fingerprint density at radius 2 is 2.04 bits per heavy atom. The smallest absolute Gasteiger partial charge is 0.290 e. The van der Waals surface area contributed by atoms with Gasteiger partial charge >= 0.3 is 0 Å². The molecule has 1 saturated heterocycles. The Balaban J connectivity index is 0.000000878. The van der Waals surface area contributed by atoms with Gasteiger partial charge in [0, 0.05) is 50.9 Å². The second-order valence-electron chi connectivity index (χ2n) is 7.05. The summed E-state index contributed by atoms with van der Waals surface area (Å²) in [6.07, 6.45) is 2.85. The first-order valence-electron chi connectivity index (χ1n) is 8.86. The Labute approximate surface area is 164 Å². The normalized spacial score (nSPS) is 21.8. The lowest BCUT2D eigenvalue weighted by Gasteiger charge is -2.19. The van der Waals surface area contributed by atoms with Crippen LogP contribution in [0.15, 0.2) is 18.3 Å². The lowest BCUT2D eigenvalue weighted by Crippen LogP contribution is -2.33. The molecule has 11 heteroatoms. The second kappa shape index (κ2) is 9.30. The fraction of sp³-hybridized carbons (Fsp3) is 0.588. The molecule has 0 radical (unpaired) electrons. The van der Waals surface area contributed by atoms with Crippen molar-refractivity contribution in [1.82, 2.24) is 14.6 Å². The van der Waals surface area contributed by atoms with Gasteiger partial charge in [-0.1, -0.05) is 0 Å². The zero-order valence-electron chi connectivity index (χ0n) is 15.9. The van der Waals surface area contributed by atoms with E-state index in [4.69, 9.17) is 9.90 Å². The number of rotatable bonds is 6. The number of hydrogen-bond acceptors (Lipinski definition) is 7. The summed E-state index contributed by atoms with van der Waals surface area (Å²) >= 11 is 0. The van der Waals surface area contributed by atoms with Gasteiger partial charge in [0.1, 0.15) is 5.82 Å². The van der Waals surface area contributed by atoms with Gasteiger partial charge in [0.25, 0.3) is 12.4 Å². The van der Waals surface area contributed by atoms with Crippen molar-refractivity contribution in [3.63, 3.8) is 0 Å². The monoisotopic (exact) mass is 414 g/mol. The fourth-order valence-corrected chi connectivity index (χ4v) is 4.02. The largest absolute Gasteiger partial charge is 0.483 e. The molecule has 10 nitrogen and oxygen atoms in total. The van der Waals surface area contributed by atoms with Crippen molar-refractivity contribution >= 4 is 28.2 Å². The van der Waals surface area contributed by atoms with Crippen LogP contribution in [0.1, 0.15) is 23.2 Å². The summed E-state index contributed by atoms with van der Waals surface area (Å²) < 4.78 is 25.3. The highest BCUT2D eigenvalue weighted by Crippen LogP contribution is 2.25. The standard InChI is InChI=1S/C16H24N4O4S.CH2O2/c1-19(2)25(23,24)10-12-8-20(9-14(12)21)15-7-11(5-6-17-15)16(22)18-13-3-4-13;2-1-3/h5-7,12-14,21H,3-4,8-10H2,1-2H3,(H,18,22);1H,(H,2,3)/t12-,14+;/m0./s1. The van der Waals surface area contributed by atoms with E-state index < -0.39 is 22.0 Å². The first kappa shape index (κ1) is 22.1. The number of aromatic nitrogens is 1. The van der Waals surface area contributed by atoms with Gasteiger partial charge < -0.3 is 20.4 Å². The molecule has 2 atom stereocenters. The molecule has 0 aromatic carbocycles. The highest BCUT2D eigenvalue weighted by Gasteiger charge is 2.36. The van der Waals surface area contributed by atoms with Crippen LogP contribution < -0.4 is 10.2 Å². The van der Waals surface area contributed by atoms with Crippen LogP contribution in [0.2, 0.25) is 0 Å². The number of amides is 1. The quantitative estimate of drug-likeness (QED) is 0.522.